The summed E-state index contributed by atoms with van der Waals surface area (Å²) in [7, 11) is 1.53. The smallest absolute Gasteiger partial charge is 0.243 e. The van der Waals surface area contributed by atoms with Gasteiger partial charge < -0.3 is 21.3 Å². The van der Waals surface area contributed by atoms with Crippen LogP contribution in [0.4, 0.5) is 0 Å². The second-order valence-corrected chi connectivity index (χ2v) is 8.26. The van der Waals surface area contributed by atoms with Gasteiger partial charge in [-0.15, -0.1) is 0 Å². The van der Waals surface area contributed by atoms with Crippen LogP contribution in [0.1, 0.15) is 60.8 Å². The Labute approximate surface area is 162 Å². The molecule has 3 amide bonds. The van der Waals surface area contributed by atoms with Crippen molar-refractivity contribution in [3.63, 3.8) is 0 Å². The van der Waals surface area contributed by atoms with Crippen molar-refractivity contribution in [2.75, 3.05) is 20.1 Å². The topological polar surface area (TPSA) is 122 Å². The number of rotatable bonds is 11. The Morgan fingerprint density at radius 2 is 1.67 bits per heavy atom. The lowest BCUT2D eigenvalue weighted by Crippen LogP contribution is -2.55. The molecule has 0 aliphatic carbocycles. The second kappa shape index (κ2) is 10.4. The van der Waals surface area contributed by atoms with Crippen LogP contribution in [0.5, 0.6) is 0 Å². The summed E-state index contributed by atoms with van der Waals surface area (Å²) in [5, 5.41) is 5.55. The van der Waals surface area contributed by atoms with Crippen LogP contribution in [-0.4, -0.2) is 60.1 Å². The fourth-order valence-electron chi connectivity index (χ4n) is 3.30. The van der Waals surface area contributed by atoms with Gasteiger partial charge in [-0.2, -0.15) is 0 Å². The van der Waals surface area contributed by atoms with E-state index in [1.807, 2.05) is 13.8 Å². The molecule has 0 rings (SSSR count). The van der Waals surface area contributed by atoms with Gasteiger partial charge in [0.15, 0.2) is 0 Å². The summed E-state index contributed by atoms with van der Waals surface area (Å²) in [6, 6.07) is -0.894. The van der Waals surface area contributed by atoms with Crippen molar-refractivity contribution in [2.45, 2.75) is 72.4 Å². The molecule has 0 aliphatic rings. The average molecular weight is 385 g/mol. The van der Waals surface area contributed by atoms with Gasteiger partial charge in [-0.1, -0.05) is 20.8 Å². The number of carbonyl (C=O) groups excluding carboxylic acids is 4. The molecule has 0 spiro atoms. The Balaban J connectivity index is 5.38. The molecule has 1 unspecified atom stereocenters. The third-order valence-electron chi connectivity index (χ3n) is 4.28. The summed E-state index contributed by atoms with van der Waals surface area (Å²) in [4.78, 5) is 50.2. The van der Waals surface area contributed by atoms with Crippen molar-refractivity contribution in [1.29, 1.82) is 0 Å². The third-order valence-corrected chi connectivity index (χ3v) is 4.28. The quantitative estimate of drug-likeness (QED) is 0.481. The van der Waals surface area contributed by atoms with E-state index in [-0.39, 0.29) is 37.1 Å². The van der Waals surface area contributed by atoms with Gasteiger partial charge in [-0.3, -0.25) is 19.2 Å². The highest BCUT2D eigenvalue weighted by Gasteiger charge is 2.40. The lowest BCUT2D eigenvalue weighted by molar-refractivity contribution is -0.148. The van der Waals surface area contributed by atoms with Gasteiger partial charge >= 0.3 is 0 Å². The summed E-state index contributed by atoms with van der Waals surface area (Å²) in [6.07, 6.45) is 0.677. The molecule has 27 heavy (non-hydrogen) atoms. The van der Waals surface area contributed by atoms with Gasteiger partial charge in [0.2, 0.25) is 17.7 Å². The van der Waals surface area contributed by atoms with E-state index in [0.29, 0.717) is 12.8 Å². The maximum atomic E-state index is 13.1. The molecule has 0 saturated carbocycles. The summed E-state index contributed by atoms with van der Waals surface area (Å²) < 4.78 is 0. The SMILES string of the molecule is CCC(=O)NC(C)(C)CC(C)(C)C(=O)N(C)C(CC(C)=O)C(=O)NCCN. The first-order valence-electron chi connectivity index (χ1n) is 9.33. The molecule has 0 aromatic carbocycles. The first-order valence-corrected chi connectivity index (χ1v) is 9.33. The van der Waals surface area contributed by atoms with Gasteiger partial charge in [0.05, 0.1) is 0 Å². The molecule has 0 aromatic heterocycles. The summed E-state index contributed by atoms with van der Waals surface area (Å²) >= 11 is 0. The number of carbonyl (C=O) groups is 4. The minimum atomic E-state index is -0.894. The lowest BCUT2D eigenvalue weighted by atomic mass is 9.78. The fourth-order valence-corrected chi connectivity index (χ4v) is 3.30. The molecule has 156 valence electrons. The van der Waals surface area contributed by atoms with Gasteiger partial charge in [0, 0.05) is 43.9 Å². The van der Waals surface area contributed by atoms with E-state index in [2.05, 4.69) is 10.6 Å². The molecule has 8 nitrogen and oxygen atoms in total. The number of Topliss-reactive ketones (excluding diaryl/α,β-unsaturated/α-hetero) is 1. The lowest BCUT2D eigenvalue weighted by Gasteiger charge is -2.38. The number of nitrogens with zero attached hydrogens (tertiary/aromatic N) is 1. The number of likely N-dealkylation sites (N-methyl/N-ethyl adjacent to an activating group) is 1. The van der Waals surface area contributed by atoms with Gasteiger partial charge in [-0.25, -0.2) is 0 Å². The van der Waals surface area contributed by atoms with Crippen LogP contribution in [0, 0.1) is 5.41 Å². The minimum Gasteiger partial charge on any atom is -0.353 e. The Kier molecular flexibility index (Phi) is 9.64. The van der Waals surface area contributed by atoms with E-state index in [1.54, 1.807) is 20.8 Å². The van der Waals surface area contributed by atoms with E-state index >= 15 is 0 Å². The van der Waals surface area contributed by atoms with E-state index < -0.39 is 22.9 Å². The van der Waals surface area contributed by atoms with E-state index in [0.717, 1.165) is 0 Å². The van der Waals surface area contributed by atoms with E-state index in [4.69, 9.17) is 5.73 Å². The number of hydrogen-bond acceptors (Lipinski definition) is 5. The second-order valence-electron chi connectivity index (χ2n) is 8.26. The Hall–Kier alpha value is -1.96. The molecular formula is C19H36N4O4. The van der Waals surface area contributed by atoms with Gasteiger partial charge in [0.25, 0.3) is 0 Å². The molecule has 0 saturated heterocycles. The van der Waals surface area contributed by atoms with Crippen molar-refractivity contribution in [1.82, 2.24) is 15.5 Å². The summed E-state index contributed by atoms with van der Waals surface area (Å²) in [6.45, 7) is 11.0. The van der Waals surface area contributed by atoms with Crippen LogP contribution >= 0.6 is 0 Å². The fraction of sp³-hybridized carbons (Fsp3) is 0.789. The number of hydrogen-bond donors (Lipinski definition) is 3. The molecule has 0 bridgehead atoms. The Bertz CT molecular complexity index is 558. The number of ketones is 1. The van der Waals surface area contributed by atoms with E-state index in [9.17, 15) is 19.2 Å². The number of nitrogens with one attached hydrogen (secondary N) is 2. The maximum Gasteiger partial charge on any atom is 0.243 e. The van der Waals surface area contributed by atoms with Crippen LogP contribution in [-0.2, 0) is 19.2 Å². The number of amides is 3. The summed E-state index contributed by atoms with van der Waals surface area (Å²) in [5.74, 6) is -0.945. The van der Waals surface area contributed by atoms with E-state index in [1.165, 1.54) is 18.9 Å². The molecule has 0 heterocycles. The molecule has 0 radical (unpaired) electrons. The van der Waals surface area contributed by atoms with Crippen LogP contribution in [0.3, 0.4) is 0 Å². The monoisotopic (exact) mass is 384 g/mol. The molecule has 0 aromatic rings. The standard InChI is InChI=1S/C19H36N4O4/c1-8-15(25)22-19(5,6)12-18(3,4)17(27)23(7)14(11-13(2)24)16(26)21-10-9-20/h14H,8-12,20H2,1-7H3,(H,21,26)(H,22,25). The molecule has 4 N–H and O–H groups in total. The average Bonchev–Trinajstić information content (AvgIpc) is 2.54. The zero-order valence-electron chi connectivity index (χ0n) is 17.8. The Morgan fingerprint density at radius 3 is 2.11 bits per heavy atom. The Morgan fingerprint density at radius 1 is 1.11 bits per heavy atom. The van der Waals surface area contributed by atoms with Crippen LogP contribution in [0.15, 0.2) is 0 Å². The van der Waals surface area contributed by atoms with Crippen molar-refractivity contribution in [3.05, 3.63) is 0 Å². The zero-order valence-corrected chi connectivity index (χ0v) is 17.8. The van der Waals surface area contributed by atoms with Gasteiger partial charge in [0.1, 0.15) is 11.8 Å². The van der Waals surface area contributed by atoms with Crippen molar-refractivity contribution >= 4 is 23.5 Å². The third kappa shape index (κ3) is 8.51. The summed E-state index contributed by atoms with van der Waals surface area (Å²) in [5.41, 5.74) is 3.97. The first kappa shape index (κ1) is 25.0. The van der Waals surface area contributed by atoms with Crippen molar-refractivity contribution in [3.8, 4) is 0 Å². The highest BCUT2D eigenvalue weighted by Crippen LogP contribution is 2.31. The van der Waals surface area contributed by atoms with Crippen LogP contribution < -0.4 is 16.4 Å². The highest BCUT2D eigenvalue weighted by molar-refractivity contribution is 5.93. The number of nitrogens with two attached hydrogens (primary N) is 1. The predicted octanol–water partition coefficient (Wildman–Crippen LogP) is 0.589. The molecule has 0 aliphatic heterocycles. The zero-order chi connectivity index (χ0) is 21.4. The molecule has 0 fully saturated rings. The van der Waals surface area contributed by atoms with Gasteiger partial charge in [-0.05, 0) is 27.2 Å². The first-order chi connectivity index (χ1) is 12.3. The predicted molar refractivity (Wildman–Crippen MR) is 105 cm³/mol. The van der Waals surface area contributed by atoms with Crippen molar-refractivity contribution < 1.29 is 19.2 Å². The molecular weight excluding hydrogens is 348 g/mol. The molecule has 1 atom stereocenters. The minimum absolute atomic E-state index is 0.0648. The maximum absolute atomic E-state index is 13.1. The van der Waals surface area contributed by atoms with Crippen molar-refractivity contribution in [2.24, 2.45) is 11.1 Å². The molecule has 8 heteroatoms. The normalized spacial score (nSPS) is 12.9. The highest BCUT2D eigenvalue weighted by atomic mass is 16.2. The van der Waals surface area contributed by atoms with Crippen LogP contribution in [0.2, 0.25) is 0 Å². The largest absolute Gasteiger partial charge is 0.353 e. The van der Waals surface area contributed by atoms with Crippen LogP contribution in [0.25, 0.3) is 0 Å².